The molecule has 110 valence electrons. The van der Waals surface area contributed by atoms with Gasteiger partial charge in [0.1, 0.15) is 0 Å². The van der Waals surface area contributed by atoms with E-state index in [0.29, 0.717) is 12.0 Å². The molecule has 0 spiro atoms. The van der Waals surface area contributed by atoms with E-state index in [9.17, 15) is 4.79 Å². The van der Waals surface area contributed by atoms with E-state index in [0.717, 1.165) is 22.2 Å². The van der Waals surface area contributed by atoms with E-state index in [1.165, 1.54) is 4.57 Å². The average Bonchev–Trinajstić information content (AvgIpc) is 2.82. The van der Waals surface area contributed by atoms with Crippen LogP contribution in [0.25, 0.3) is 22.2 Å². The lowest BCUT2D eigenvalue weighted by atomic mass is 10.0. The Morgan fingerprint density at radius 2 is 1.91 bits per heavy atom. The molecule has 1 heterocycles. The van der Waals surface area contributed by atoms with Crippen LogP contribution in [0.4, 0.5) is 0 Å². The second-order valence-electron chi connectivity index (χ2n) is 5.25. The smallest absolute Gasteiger partial charge is 0.408 e. The minimum atomic E-state index is -0.484. The maximum absolute atomic E-state index is 11.5. The Morgan fingerprint density at radius 3 is 2.59 bits per heavy atom. The van der Waals surface area contributed by atoms with Crippen LogP contribution in [-0.2, 0) is 13.5 Å². The first-order valence-corrected chi connectivity index (χ1v) is 6.92. The highest BCUT2D eigenvalue weighted by molar-refractivity contribution is 5.80. The molecule has 3 rings (SSSR count). The number of fused-ring (bicyclic) bond motifs is 1. The summed E-state index contributed by atoms with van der Waals surface area (Å²) < 4.78 is 6.61. The van der Waals surface area contributed by atoms with Gasteiger partial charge < -0.3 is 10.2 Å². The van der Waals surface area contributed by atoms with Gasteiger partial charge in [0.15, 0.2) is 5.58 Å². The number of nitrogens with two attached hydrogens (primary N) is 1. The van der Waals surface area contributed by atoms with Gasteiger partial charge in [-0.25, -0.2) is 4.79 Å². The van der Waals surface area contributed by atoms with E-state index in [4.69, 9.17) is 15.4 Å². The molecular formula is C17H15N3O2. The minimum absolute atomic E-state index is 0.368. The minimum Gasteiger partial charge on any atom is -0.408 e. The molecule has 3 aromatic rings. The summed E-state index contributed by atoms with van der Waals surface area (Å²) in [6.07, 6.45) is 0.534. The van der Waals surface area contributed by atoms with Crippen molar-refractivity contribution < 1.29 is 4.42 Å². The van der Waals surface area contributed by atoms with Gasteiger partial charge in [0.25, 0.3) is 0 Å². The van der Waals surface area contributed by atoms with Crippen LogP contribution in [0.2, 0.25) is 0 Å². The normalized spacial score (nSPS) is 12.2. The molecule has 2 N–H and O–H groups in total. The highest BCUT2D eigenvalue weighted by atomic mass is 16.4. The number of aromatic nitrogens is 1. The zero-order valence-electron chi connectivity index (χ0n) is 12.1. The fourth-order valence-corrected chi connectivity index (χ4v) is 2.44. The maximum Gasteiger partial charge on any atom is 0.419 e. The first-order valence-electron chi connectivity index (χ1n) is 6.92. The highest BCUT2D eigenvalue weighted by Gasteiger charge is 2.08. The van der Waals surface area contributed by atoms with Crippen molar-refractivity contribution in [3.8, 4) is 17.2 Å². The lowest BCUT2D eigenvalue weighted by Gasteiger charge is -2.06. The summed E-state index contributed by atoms with van der Waals surface area (Å²) in [7, 11) is 1.68. The number of nitriles is 1. The van der Waals surface area contributed by atoms with Gasteiger partial charge in [0, 0.05) is 13.5 Å². The van der Waals surface area contributed by atoms with E-state index < -0.39 is 6.04 Å². The number of hydrogen-bond acceptors (Lipinski definition) is 4. The highest BCUT2D eigenvalue weighted by Crippen LogP contribution is 2.24. The van der Waals surface area contributed by atoms with Crippen molar-refractivity contribution in [2.45, 2.75) is 12.5 Å². The van der Waals surface area contributed by atoms with E-state index in [1.54, 1.807) is 13.1 Å². The Balaban J connectivity index is 1.95. The number of hydrogen-bond donors (Lipinski definition) is 1. The van der Waals surface area contributed by atoms with Crippen molar-refractivity contribution >= 4 is 11.1 Å². The molecule has 0 fully saturated rings. The van der Waals surface area contributed by atoms with Gasteiger partial charge in [-0.2, -0.15) is 5.26 Å². The molecule has 0 bridgehead atoms. The summed E-state index contributed by atoms with van der Waals surface area (Å²) in [6.45, 7) is 0. The number of oxazole rings is 1. The van der Waals surface area contributed by atoms with Crippen molar-refractivity contribution in [3.05, 3.63) is 58.6 Å². The summed E-state index contributed by atoms with van der Waals surface area (Å²) in [5.41, 5.74) is 10.0. The molecule has 1 aromatic heterocycles. The average molecular weight is 293 g/mol. The second-order valence-corrected chi connectivity index (χ2v) is 5.25. The standard InChI is InChI=1S/C17H15N3O2/c1-20-15-9-13(6-7-16(15)22-17(20)21)12-4-2-11(3-5-12)8-14(19)10-18/h2-7,9,14H,8,19H2,1H3. The van der Waals surface area contributed by atoms with Crippen molar-refractivity contribution in [1.82, 2.24) is 4.57 Å². The largest absolute Gasteiger partial charge is 0.419 e. The molecular weight excluding hydrogens is 278 g/mol. The molecule has 5 nitrogen and oxygen atoms in total. The predicted molar refractivity (Wildman–Crippen MR) is 84.2 cm³/mol. The Hall–Kier alpha value is -2.84. The quantitative estimate of drug-likeness (QED) is 0.802. The van der Waals surface area contributed by atoms with Gasteiger partial charge in [-0.15, -0.1) is 0 Å². The van der Waals surface area contributed by atoms with Crippen LogP contribution >= 0.6 is 0 Å². The third-order valence-corrected chi connectivity index (χ3v) is 3.70. The van der Waals surface area contributed by atoms with Gasteiger partial charge in [-0.3, -0.25) is 4.57 Å². The molecule has 2 aromatic carbocycles. The molecule has 0 aliphatic rings. The molecule has 0 radical (unpaired) electrons. The van der Waals surface area contributed by atoms with Gasteiger partial charge in [-0.1, -0.05) is 30.3 Å². The summed E-state index contributed by atoms with van der Waals surface area (Å²) >= 11 is 0. The summed E-state index contributed by atoms with van der Waals surface area (Å²) in [4.78, 5) is 11.5. The topological polar surface area (TPSA) is 84.9 Å². The predicted octanol–water partition coefficient (Wildman–Crippen LogP) is 2.19. The van der Waals surface area contributed by atoms with Crippen LogP contribution in [0, 0.1) is 11.3 Å². The van der Waals surface area contributed by atoms with E-state index >= 15 is 0 Å². The molecule has 0 saturated carbocycles. The molecule has 1 atom stereocenters. The van der Waals surface area contributed by atoms with Crippen LogP contribution in [0.3, 0.4) is 0 Å². The summed E-state index contributed by atoms with van der Waals surface area (Å²) in [5, 5.41) is 8.75. The number of rotatable bonds is 3. The molecule has 0 amide bonds. The van der Waals surface area contributed by atoms with Gasteiger partial charge in [-0.05, 0) is 28.8 Å². The van der Waals surface area contributed by atoms with Gasteiger partial charge >= 0.3 is 5.76 Å². The molecule has 0 aliphatic heterocycles. The van der Waals surface area contributed by atoms with Crippen LogP contribution in [0.1, 0.15) is 5.56 Å². The fraction of sp³-hybridized carbons (Fsp3) is 0.176. The Bertz CT molecular complexity index is 914. The van der Waals surface area contributed by atoms with Crippen LogP contribution < -0.4 is 11.5 Å². The van der Waals surface area contributed by atoms with Crippen molar-refractivity contribution in [3.63, 3.8) is 0 Å². The first-order chi connectivity index (χ1) is 10.6. The lowest BCUT2D eigenvalue weighted by Crippen LogP contribution is -2.19. The van der Waals surface area contributed by atoms with Crippen molar-refractivity contribution in [2.75, 3.05) is 0 Å². The molecule has 1 unspecified atom stereocenters. The zero-order chi connectivity index (χ0) is 15.7. The van der Waals surface area contributed by atoms with Crippen LogP contribution in [0.5, 0.6) is 0 Å². The zero-order valence-corrected chi connectivity index (χ0v) is 12.1. The molecule has 5 heteroatoms. The third-order valence-electron chi connectivity index (χ3n) is 3.70. The van der Waals surface area contributed by atoms with Gasteiger partial charge in [0.05, 0.1) is 17.6 Å². The lowest BCUT2D eigenvalue weighted by molar-refractivity contribution is 0.528. The summed E-state index contributed by atoms with van der Waals surface area (Å²) in [5.74, 6) is -0.368. The van der Waals surface area contributed by atoms with Crippen molar-refractivity contribution in [1.29, 1.82) is 5.26 Å². The van der Waals surface area contributed by atoms with E-state index in [-0.39, 0.29) is 5.76 Å². The number of aryl methyl sites for hydroxylation is 1. The fourth-order valence-electron chi connectivity index (χ4n) is 2.44. The van der Waals surface area contributed by atoms with Crippen LogP contribution in [0.15, 0.2) is 51.7 Å². The molecule has 0 aliphatic carbocycles. The third kappa shape index (κ3) is 2.52. The van der Waals surface area contributed by atoms with Crippen LogP contribution in [-0.4, -0.2) is 10.6 Å². The molecule has 22 heavy (non-hydrogen) atoms. The van der Waals surface area contributed by atoms with Crippen molar-refractivity contribution in [2.24, 2.45) is 12.8 Å². The molecule has 0 saturated heterocycles. The Morgan fingerprint density at radius 1 is 1.23 bits per heavy atom. The Labute approximate surface area is 127 Å². The summed E-state index contributed by atoms with van der Waals surface area (Å²) in [6, 6.07) is 15.1. The number of nitrogens with zero attached hydrogens (tertiary/aromatic N) is 2. The van der Waals surface area contributed by atoms with E-state index in [2.05, 4.69) is 0 Å². The van der Waals surface area contributed by atoms with E-state index in [1.807, 2.05) is 42.5 Å². The number of benzene rings is 2. The second kappa shape index (κ2) is 5.51. The first kappa shape index (κ1) is 14.1. The SMILES string of the molecule is Cn1c(=O)oc2ccc(-c3ccc(CC(N)C#N)cc3)cc21. The maximum atomic E-state index is 11.5. The van der Waals surface area contributed by atoms with Gasteiger partial charge in [0.2, 0.25) is 0 Å². The Kier molecular flexibility index (Phi) is 3.53. The monoisotopic (exact) mass is 293 g/mol.